The van der Waals surface area contributed by atoms with Crippen LogP contribution in [0.4, 0.5) is 0 Å². The first-order chi connectivity index (χ1) is 8.98. The lowest BCUT2D eigenvalue weighted by atomic mass is 10.2. The van der Waals surface area contributed by atoms with Gasteiger partial charge in [0.15, 0.2) is 0 Å². The maximum atomic E-state index is 5.35. The van der Waals surface area contributed by atoms with Crippen LogP contribution in [0.1, 0.15) is 11.1 Å². The van der Waals surface area contributed by atoms with E-state index in [1.807, 2.05) is 0 Å². The second-order valence-electron chi connectivity index (χ2n) is 5.58. The summed E-state index contributed by atoms with van der Waals surface area (Å²) >= 11 is 5.35. The third-order valence-electron chi connectivity index (χ3n) is 3.03. The second-order valence-corrected chi connectivity index (χ2v) is 11.0. The predicted molar refractivity (Wildman–Crippen MR) is 86.5 cm³/mol. The lowest BCUT2D eigenvalue weighted by molar-refractivity contribution is 0.934. The summed E-state index contributed by atoms with van der Waals surface area (Å²) in [7, 11) is -1.32. The van der Waals surface area contributed by atoms with Gasteiger partial charge in [0.05, 0.1) is 14.3 Å². The highest BCUT2D eigenvalue weighted by Crippen LogP contribution is 2.07. The van der Waals surface area contributed by atoms with E-state index in [4.69, 9.17) is 12.2 Å². The Bertz CT molecular complexity index is 558. The fraction of sp³-hybridized carbons (Fsp3) is 0.286. The van der Waals surface area contributed by atoms with E-state index in [-0.39, 0.29) is 0 Å². The number of rotatable bonds is 4. The summed E-state index contributed by atoms with van der Waals surface area (Å²) in [5, 5.41) is 11.5. The third-order valence-corrected chi connectivity index (χ3v) is 5.51. The van der Waals surface area contributed by atoms with Crippen LogP contribution in [0.3, 0.4) is 0 Å². The second kappa shape index (κ2) is 5.67. The molecule has 1 aromatic heterocycles. The van der Waals surface area contributed by atoms with Gasteiger partial charge in [-0.1, -0.05) is 61.3 Å². The molecule has 0 unspecified atom stereocenters. The van der Waals surface area contributed by atoms with Crippen LogP contribution in [0.15, 0.2) is 36.7 Å². The fourth-order valence-electron chi connectivity index (χ4n) is 2.06. The minimum absolute atomic E-state index is 0.735. The molecule has 0 amide bonds. The Hall–Kier alpha value is -1.46. The van der Waals surface area contributed by atoms with Crippen LogP contribution in [-0.2, 0) is 6.54 Å². The molecule has 0 radical (unpaired) electrons. The maximum Gasteiger partial charge on any atom is 0.110 e. The van der Waals surface area contributed by atoms with Gasteiger partial charge in [-0.05, 0) is 5.56 Å². The van der Waals surface area contributed by atoms with Crippen molar-refractivity contribution in [3.63, 3.8) is 0 Å². The molecule has 2 rings (SSSR count). The van der Waals surface area contributed by atoms with Gasteiger partial charge in [-0.15, -0.1) is 0 Å². The van der Waals surface area contributed by atoms with E-state index < -0.39 is 8.07 Å². The molecule has 0 bridgehead atoms. The Labute approximate surface area is 120 Å². The molecule has 3 nitrogen and oxygen atoms in total. The van der Waals surface area contributed by atoms with Crippen LogP contribution in [-0.4, -0.2) is 23.3 Å². The third kappa shape index (κ3) is 3.51. The SMILES string of the molecule is C[Si](C)(C)c1ccccc1CNC(=S)c1cn[nH]c1. The van der Waals surface area contributed by atoms with Crippen LogP contribution in [0.5, 0.6) is 0 Å². The molecular formula is C14H19N3SSi. The zero-order valence-corrected chi connectivity index (χ0v) is 13.3. The van der Waals surface area contributed by atoms with E-state index >= 15 is 0 Å². The van der Waals surface area contributed by atoms with Crippen LogP contribution in [0.25, 0.3) is 0 Å². The van der Waals surface area contributed by atoms with Gasteiger partial charge in [0.2, 0.25) is 0 Å². The Morgan fingerprint density at radius 3 is 2.68 bits per heavy atom. The maximum absolute atomic E-state index is 5.35. The highest BCUT2D eigenvalue weighted by molar-refractivity contribution is 7.80. The van der Waals surface area contributed by atoms with Crippen molar-refractivity contribution >= 4 is 30.5 Å². The Balaban J connectivity index is 2.10. The molecule has 0 fully saturated rings. The number of aromatic nitrogens is 2. The number of nitrogens with one attached hydrogen (secondary N) is 2. The monoisotopic (exact) mass is 289 g/mol. The molecule has 0 atom stereocenters. The number of aromatic amines is 1. The largest absolute Gasteiger partial charge is 0.372 e. The quantitative estimate of drug-likeness (QED) is 0.671. The highest BCUT2D eigenvalue weighted by Gasteiger charge is 2.19. The minimum Gasteiger partial charge on any atom is -0.372 e. The molecular weight excluding hydrogens is 270 g/mol. The van der Waals surface area contributed by atoms with Gasteiger partial charge < -0.3 is 5.32 Å². The van der Waals surface area contributed by atoms with E-state index in [9.17, 15) is 0 Å². The highest BCUT2D eigenvalue weighted by atomic mass is 32.1. The molecule has 2 aromatic rings. The summed E-state index contributed by atoms with van der Waals surface area (Å²) < 4.78 is 0. The average molecular weight is 289 g/mol. The van der Waals surface area contributed by atoms with Crippen molar-refractivity contribution in [2.24, 2.45) is 0 Å². The van der Waals surface area contributed by atoms with Crippen molar-refractivity contribution in [2.45, 2.75) is 26.2 Å². The van der Waals surface area contributed by atoms with Gasteiger partial charge >= 0.3 is 0 Å². The Kier molecular flexibility index (Phi) is 4.16. The topological polar surface area (TPSA) is 40.7 Å². The van der Waals surface area contributed by atoms with Gasteiger partial charge in [-0.3, -0.25) is 5.10 Å². The Morgan fingerprint density at radius 1 is 1.32 bits per heavy atom. The molecule has 19 heavy (non-hydrogen) atoms. The van der Waals surface area contributed by atoms with Gasteiger partial charge in [0.1, 0.15) is 4.99 Å². The van der Waals surface area contributed by atoms with E-state index in [2.05, 4.69) is 59.4 Å². The predicted octanol–water partition coefficient (Wildman–Crippen LogP) is 2.42. The molecule has 5 heteroatoms. The molecule has 0 aliphatic rings. The number of thiocarbonyl (C=S) groups is 1. The zero-order chi connectivity index (χ0) is 13.9. The van der Waals surface area contributed by atoms with Gasteiger partial charge in [-0.25, -0.2) is 0 Å². The first-order valence-corrected chi connectivity index (χ1v) is 10.2. The van der Waals surface area contributed by atoms with Gasteiger partial charge in [-0.2, -0.15) is 5.10 Å². The van der Waals surface area contributed by atoms with Crippen molar-refractivity contribution in [1.82, 2.24) is 15.5 Å². The normalized spacial score (nSPS) is 11.3. The van der Waals surface area contributed by atoms with Crippen LogP contribution in [0.2, 0.25) is 19.6 Å². The summed E-state index contributed by atoms with van der Waals surface area (Å²) in [5.41, 5.74) is 2.27. The van der Waals surface area contributed by atoms with E-state index in [0.717, 1.165) is 17.1 Å². The van der Waals surface area contributed by atoms with Gasteiger partial charge in [0.25, 0.3) is 0 Å². The van der Waals surface area contributed by atoms with Crippen LogP contribution < -0.4 is 10.5 Å². The Morgan fingerprint density at radius 2 is 2.05 bits per heavy atom. The van der Waals surface area contributed by atoms with Gasteiger partial charge in [0, 0.05) is 18.3 Å². The van der Waals surface area contributed by atoms with Crippen LogP contribution in [0, 0.1) is 0 Å². The standard InChI is InChI=1S/C14H19N3SSi/c1-19(2,3)13-7-5-4-6-11(13)8-15-14(18)12-9-16-17-10-12/h4-7,9-10H,8H2,1-3H3,(H,15,18)(H,16,17). The van der Waals surface area contributed by atoms with E-state index in [1.54, 1.807) is 12.4 Å². The van der Waals surface area contributed by atoms with Crippen molar-refractivity contribution in [3.05, 3.63) is 47.8 Å². The van der Waals surface area contributed by atoms with Crippen molar-refractivity contribution in [1.29, 1.82) is 0 Å². The first-order valence-electron chi connectivity index (χ1n) is 6.34. The molecule has 1 heterocycles. The molecule has 0 saturated heterocycles. The number of H-pyrrole nitrogens is 1. The smallest absolute Gasteiger partial charge is 0.110 e. The molecule has 1 aromatic carbocycles. The van der Waals surface area contributed by atoms with E-state index in [0.29, 0.717) is 0 Å². The molecule has 0 saturated carbocycles. The summed E-state index contributed by atoms with van der Waals surface area (Å²) in [5.74, 6) is 0. The lowest BCUT2D eigenvalue weighted by Crippen LogP contribution is -2.41. The van der Waals surface area contributed by atoms with E-state index in [1.165, 1.54) is 10.8 Å². The number of hydrogen-bond acceptors (Lipinski definition) is 2. The number of hydrogen-bond donors (Lipinski definition) is 2. The minimum atomic E-state index is -1.32. The summed E-state index contributed by atoms with van der Waals surface area (Å²) in [6.07, 6.45) is 3.54. The summed E-state index contributed by atoms with van der Waals surface area (Å²) in [6.45, 7) is 7.85. The summed E-state index contributed by atoms with van der Waals surface area (Å²) in [6, 6.07) is 8.62. The lowest BCUT2D eigenvalue weighted by Gasteiger charge is -2.21. The molecule has 0 aliphatic heterocycles. The molecule has 100 valence electrons. The molecule has 0 aliphatic carbocycles. The average Bonchev–Trinajstić information content (AvgIpc) is 2.89. The van der Waals surface area contributed by atoms with Crippen LogP contribution >= 0.6 is 12.2 Å². The van der Waals surface area contributed by atoms with Crippen molar-refractivity contribution in [2.75, 3.05) is 0 Å². The zero-order valence-electron chi connectivity index (χ0n) is 11.5. The first kappa shape index (κ1) is 14.0. The number of nitrogens with zero attached hydrogens (tertiary/aromatic N) is 1. The molecule has 0 spiro atoms. The van der Waals surface area contributed by atoms with Crippen molar-refractivity contribution in [3.8, 4) is 0 Å². The number of benzene rings is 1. The molecule has 2 N–H and O–H groups in total. The summed E-state index contributed by atoms with van der Waals surface area (Å²) in [4.78, 5) is 0.735. The van der Waals surface area contributed by atoms with Crippen molar-refractivity contribution < 1.29 is 0 Å². The fourth-order valence-corrected chi connectivity index (χ4v) is 3.97.